The van der Waals surface area contributed by atoms with Gasteiger partial charge in [-0.2, -0.15) is 0 Å². The average Bonchev–Trinajstić information content (AvgIpc) is 3.21. The third-order valence-corrected chi connectivity index (χ3v) is 8.39. The van der Waals surface area contributed by atoms with Gasteiger partial charge in [0.2, 0.25) is 5.91 Å². The van der Waals surface area contributed by atoms with Crippen molar-refractivity contribution in [2.24, 2.45) is 11.8 Å². The van der Waals surface area contributed by atoms with E-state index in [9.17, 15) is 19.8 Å². The fourth-order valence-corrected chi connectivity index (χ4v) is 6.13. The van der Waals surface area contributed by atoms with E-state index in [0.29, 0.717) is 37.3 Å². The zero-order valence-electron chi connectivity index (χ0n) is 18.9. The van der Waals surface area contributed by atoms with Gasteiger partial charge in [0.15, 0.2) is 0 Å². The van der Waals surface area contributed by atoms with Gasteiger partial charge in [0, 0.05) is 16.8 Å². The van der Waals surface area contributed by atoms with Crippen LogP contribution in [0.25, 0.3) is 10.4 Å². The molecule has 0 bridgehead atoms. The summed E-state index contributed by atoms with van der Waals surface area (Å²) in [6.07, 6.45) is 6.37. The normalized spacial score (nSPS) is 28.3. The topological polar surface area (TPSA) is 77.8 Å². The molecule has 0 spiro atoms. The molecular weight excluding hydrogens is 422 g/mol. The van der Waals surface area contributed by atoms with Crippen molar-refractivity contribution in [1.29, 1.82) is 0 Å². The Labute approximate surface area is 194 Å². The predicted octanol–water partition coefficient (Wildman–Crippen LogP) is 5.97. The van der Waals surface area contributed by atoms with Gasteiger partial charge >= 0.3 is 5.97 Å². The molecule has 0 radical (unpaired) electrons. The number of carbonyl (C=O) groups excluding carboxylic acids is 1. The van der Waals surface area contributed by atoms with Gasteiger partial charge in [-0.25, -0.2) is 4.79 Å². The Kier molecular flexibility index (Phi) is 6.72. The van der Waals surface area contributed by atoms with Crippen LogP contribution in [0.3, 0.4) is 0 Å². The molecule has 32 heavy (non-hydrogen) atoms. The van der Waals surface area contributed by atoms with E-state index in [1.54, 1.807) is 0 Å². The maximum absolute atomic E-state index is 13.9. The van der Waals surface area contributed by atoms with Gasteiger partial charge in [-0.3, -0.25) is 4.79 Å². The highest BCUT2D eigenvalue weighted by atomic mass is 32.1. The van der Waals surface area contributed by atoms with Crippen molar-refractivity contribution >= 4 is 28.9 Å². The number of benzene rings is 1. The summed E-state index contributed by atoms with van der Waals surface area (Å²) in [5.74, 6) is -0.360. The third kappa shape index (κ3) is 4.91. The van der Waals surface area contributed by atoms with Crippen molar-refractivity contribution in [2.45, 2.75) is 76.9 Å². The van der Waals surface area contributed by atoms with Crippen LogP contribution in [0.4, 0.5) is 5.69 Å². The minimum Gasteiger partial charge on any atom is -0.477 e. The van der Waals surface area contributed by atoms with Crippen molar-refractivity contribution in [3.8, 4) is 10.4 Å². The number of hydrogen-bond acceptors (Lipinski definition) is 4. The first-order valence-electron chi connectivity index (χ1n) is 11.7. The Morgan fingerprint density at radius 1 is 1.03 bits per heavy atom. The summed E-state index contributed by atoms with van der Waals surface area (Å²) in [5.41, 5.74) is 0.763. The Morgan fingerprint density at radius 2 is 1.66 bits per heavy atom. The van der Waals surface area contributed by atoms with Crippen LogP contribution >= 0.6 is 11.3 Å². The third-order valence-electron chi connectivity index (χ3n) is 7.22. The summed E-state index contributed by atoms with van der Waals surface area (Å²) in [7, 11) is 0. The fraction of sp³-hybridized carbons (Fsp3) is 0.538. The van der Waals surface area contributed by atoms with Crippen LogP contribution < -0.4 is 4.90 Å². The smallest absolute Gasteiger partial charge is 0.348 e. The Balaban J connectivity index is 1.73. The lowest BCUT2D eigenvalue weighted by molar-refractivity contribution is -0.124. The van der Waals surface area contributed by atoms with E-state index in [1.165, 1.54) is 11.3 Å². The molecule has 4 rings (SSSR count). The number of carboxylic acids is 1. The number of aliphatic hydroxyl groups is 1. The Hall–Kier alpha value is -2.18. The summed E-state index contributed by atoms with van der Waals surface area (Å²) in [6, 6.07) is 11.5. The molecule has 5 nitrogen and oxygen atoms in total. The molecule has 0 atom stereocenters. The zero-order chi connectivity index (χ0) is 22.9. The van der Waals surface area contributed by atoms with E-state index in [0.717, 1.165) is 36.1 Å². The molecule has 1 heterocycles. The molecule has 2 fully saturated rings. The van der Waals surface area contributed by atoms with Gasteiger partial charge in [-0.05, 0) is 75.8 Å². The molecule has 1 aromatic heterocycles. The largest absolute Gasteiger partial charge is 0.477 e. The fourth-order valence-electron chi connectivity index (χ4n) is 5.14. The van der Waals surface area contributed by atoms with Crippen LogP contribution in [0.15, 0.2) is 36.4 Å². The second-order valence-electron chi connectivity index (χ2n) is 9.89. The van der Waals surface area contributed by atoms with Gasteiger partial charge in [-0.1, -0.05) is 37.3 Å². The number of carboxylic acid groups (broad SMARTS) is 1. The molecule has 0 aliphatic heterocycles. The summed E-state index contributed by atoms with van der Waals surface area (Å²) in [5, 5.41) is 20.5. The molecule has 2 aliphatic rings. The maximum atomic E-state index is 13.9. The van der Waals surface area contributed by atoms with Crippen molar-refractivity contribution < 1.29 is 19.8 Å². The van der Waals surface area contributed by atoms with Crippen LogP contribution in [-0.2, 0) is 4.79 Å². The van der Waals surface area contributed by atoms with E-state index in [4.69, 9.17) is 0 Å². The maximum Gasteiger partial charge on any atom is 0.348 e. The summed E-state index contributed by atoms with van der Waals surface area (Å²) in [6.45, 7) is 4.08. The summed E-state index contributed by atoms with van der Waals surface area (Å²) >= 11 is 1.23. The number of rotatable bonds is 5. The highest BCUT2D eigenvalue weighted by molar-refractivity contribution is 7.18. The van der Waals surface area contributed by atoms with Gasteiger partial charge in [0.1, 0.15) is 4.88 Å². The summed E-state index contributed by atoms with van der Waals surface area (Å²) in [4.78, 5) is 29.0. The lowest BCUT2D eigenvalue weighted by Gasteiger charge is -2.41. The van der Waals surface area contributed by atoms with Crippen molar-refractivity contribution in [3.63, 3.8) is 0 Å². The first-order chi connectivity index (χ1) is 15.2. The second-order valence-corrected chi connectivity index (χ2v) is 10.9. The van der Waals surface area contributed by atoms with Gasteiger partial charge in [0.05, 0.1) is 11.3 Å². The van der Waals surface area contributed by atoms with Crippen LogP contribution in [0, 0.1) is 11.8 Å². The van der Waals surface area contributed by atoms with E-state index >= 15 is 0 Å². The van der Waals surface area contributed by atoms with Gasteiger partial charge in [-0.15, -0.1) is 11.3 Å². The molecule has 6 heteroatoms. The molecule has 172 valence electrons. The molecule has 2 aromatic rings. The van der Waals surface area contributed by atoms with Crippen LogP contribution in [0.2, 0.25) is 0 Å². The standard InChI is InChI=1S/C26H33NO4S/c1-17-8-10-19(11-9-17)24(28)27(20-12-14-26(2,31)15-13-20)21-16-22(32-23(21)25(29)30)18-6-4-3-5-7-18/h3-7,16-17,19-20,31H,8-15H2,1-2H3,(H,29,30). The quantitative estimate of drug-likeness (QED) is 0.582. The van der Waals surface area contributed by atoms with E-state index in [1.807, 2.05) is 48.2 Å². The molecule has 2 aliphatic carbocycles. The lowest BCUT2D eigenvalue weighted by Crippen LogP contribution is -2.48. The molecular formula is C26H33NO4S. The number of anilines is 1. The van der Waals surface area contributed by atoms with Gasteiger partial charge in [0.25, 0.3) is 0 Å². The Morgan fingerprint density at radius 3 is 2.25 bits per heavy atom. The van der Waals surface area contributed by atoms with E-state index in [-0.39, 0.29) is 22.7 Å². The monoisotopic (exact) mass is 455 g/mol. The first-order valence-corrected chi connectivity index (χ1v) is 12.5. The minimum absolute atomic E-state index is 0.0587. The molecule has 1 aromatic carbocycles. The highest BCUT2D eigenvalue weighted by Crippen LogP contribution is 2.42. The average molecular weight is 456 g/mol. The number of hydrogen-bond donors (Lipinski definition) is 2. The second kappa shape index (κ2) is 9.36. The molecule has 2 saturated carbocycles. The number of nitrogens with zero attached hydrogens (tertiary/aromatic N) is 1. The van der Waals surface area contributed by atoms with Crippen LogP contribution in [0.1, 0.15) is 74.9 Å². The van der Waals surface area contributed by atoms with Crippen LogP contribution in [0.5, 0.6) is 0 Å². The van der Waals surface area contributed by atoms with Crippen molar-refractivity contribution in [3.05, 3.63) is 41.3 Å². The zero-order valence-corrected chi connectivity index (χ0v) is 19.7. The highest BCUT2D eigenvalue weighted by Gasteiger charge is 2.39. The van der Waals surface area contributed by atoms with E-state index in [2.05, 4.69) is 6.92 Å². The minimum atomic E-state index is -0.995. The van der Waals surface area contributed by atoms with Crippen LogP contribution in [-0.4, -0.2) is 33.7 Å². The van der Waals surface area contributed by atoms with Gasteiger partial charge < -0.3 is 15.1 Å². The SMILES string of the molecule is CC1CCC(C(=O)N(c2cc(-c3ccccc3)sc2C(=O)O)C2CCC(C)(O)CC2)CC1. The lowest BCUT2D eigenvalue weighted by atomic mass is 9.80. The number of aromatic carboxylic acids is 1. The Bertz CT molecular complexity index is 949. The summed E-state index contributed by atoms with van der Waals surface area (Å²) < 4.78 is 0. The number of thiophene rings is 1. The number of amides is 1. The van der Waals surface area contributed by atoms with Crippen molar-refractivity contribution in [2.75, 3.05) is 4.90 Å². The molecule has 0 unspecified atom stereocenters. The predicted molar refractivity (Wildman–Crippen MR) is 128 cm³/mol. The number of carbonyl (C=O) groups is 2. The molecule has 2 N–H and O–H groups in total. The molecule has 1 amide bonds. The first kappa shape index (κ1) is 23.0. The van der Waals surface area contributed by atoms with E-state index < -0.39 is 11.6 Å². The molecule has 0 saturated heterocycles. The van der Waals surface area contributed by atoms with Crippen molar-refractivity contribution in [1.82, 2.24) is 0 Å².